The Labute approximate surface area is 130 Å². The van der Waals surface area contributed by atoms with Crippen LogP contribution in [0, 0.1) is 15.9 Å². The predicted octanol–water partition coefficient (Wildman–Crippen LogP) is 2.13. The van der Waals surface area contributed by atoms with Gasteiger partial charge in [-0.05, 0) is 18.2 Å². The third-order valence-electron chi connectivity index (χ3n) is 2.88. The largest absolute Gasteiger partial charge is 0.497 e. The number of hydrogen-bond donors (Lipinski definition) is 2. The number of nitrogens with zero attached hydrogens (tertiary/aromatic N) is 1. The third kappa shape index (κ3) is 3.93. The minimum atomic E-state index is -4.08. The molecule has 2 aromatic carbocycles. The van der Waals surface area contributed by atoms with Crippen LogP contribution < -0.4 is 15.2 Å². The Morgan fingerprint density at radius 1 is 1.26 bits per heavy atom. The van der Waals surface area contributed by atoms with Crippen molar-refractivity contribution in [3.8, 4) is 5.75 Å². The first-order valence-electron chi connectivity index (χ1n) is 6.13. The van der Waals surface area contributed by atoms with Crippen molar-refractivity contribution >= 4 is 27.1 Å². The first kappa shape index (κ1) is 16.6. The lowest BCUT2D eigenvalue weighted by Gasteiger charge is -2.10. The zero-order valence-electron chi connectivity index (χ0n) is 11.8. The van der Waals surface area contributed by atoms with Gasteiger partial charge in [0.05, 0.1) is 16.9 Å². The number of benzene rings is 2. The fraction of sp³-hybridized carbons (Fsp3) is 0.0769. The van der Waals surface area contributed by atoms with Crippen molar-refractivity contribution in [2.75, 3.05) is 12.4 Å². The van der Waals surface area contributed by atoms with Crippen LogP contribution in [0.1, 0.15) is 0 Å². The lowest BCUT2D eigenvalue weighted by Crippen LogP contribution is -2.12. The molecule has 0 bridgehead atoms. The molecule has 0 aliphatic heterocycles. The summed E-state index contributed by atoms with van der Waals surface area (Å²) in [4.78, 5) is 9.95. The van der Waals surface area contributed by atoms with E-state index < -0.39 is 31.3 Å². The number of ether oxygens (including phenoxy) is 1. The fourth-order valence-corrected chi connectivity index (χ4v) is 2.39. The maximum Gasteiger partial charge on any atom is 0.294 e. The summed E-state index contributed by atoms with van der Waals surface area (Å²) in [5, 5.41) is 18.7. The normalized spacial score (nSPS) is 11.1. The monoisotopic (exact) mass is 341 g/mol. The van der Waals surface area contributed by atoms with Crippen molar-refractivity contribution in [2.24, 2.45) is 5.14 Å². The highest BCUT2D eigenvalue weighted by Crippen LogP contribution is 2.31. The van der Waals surface area contributed by atoms with Crippen LogP contribution in [0.3, 0.4) is 0 Å². The molecule has 23 heavy (non-hydrogen) atoms. The first-order chi connectivity index (χ1) is 10.7. The molecule has 122 valence electrons. The number of nitrogens with two attached hydrogens (primary N) is 1. The van der Waals surface area contributed by atoms with E-state index in [4.69, 9.17) is 9.88 Å². The molecular formula is C13H12FN3O5S. The van der Waals surface area contributed by atoms with E-state index >= 15 is 0 Å². The predicted molar refractivity (Wildman–Crippen MR) is 80.7 cm³/mol. The van der Waals surface area contributed by atoms with Gasteiger partial charge in [0.2, 0.25) is 10.0 Å². The number of rotatable bonds is 5. The van der Waals surface area contributed by atoms with Crippen molar-refractivity contribution in [3.05, 3.63) is 52.3 Å². The van der Waals surface area contributed by atoms with Crippen LogP contribution in [-0.2, 0) is 10.0 Å². The molecule has 10 heteroatoms. The molecule has 0 amide bonds. The van der Waals surface area contributed by atoms with Gasteiger partial charge in [-0.25, -0.2) is 17.9 Å². The Morgan fingerprint density at radius 2 is 1.96 bits per heavy atom. The molecule has 2 aromatic rings. The summed E-state index contributed by atoms with van der Waals surface area (Å²) in [7, 11) is -2.73. The summed E-state index contributed by atoms with van der Waals surface area (Å²) in [6, 6.07) is 6.80. The number of sulfonamides is 1. The van der Waals surface area contributed by atoms with Gasteiger partial charge in [0.25, 0.3) is 5.69 Å². The standard InChI is InChI=1S/C13H12FN3O5S/c1-22-10-5-8(14)4-9(6-10)16-12-3-2-11(23(15,20)21)7-13(12)17(18)19/h2-7,16H,1H3,(H2,15,20,21). The molecule has 0 radical (unpaired) electrons. The molecule has 0 spiro atoms. The summed E-state index contributed by atoms with van der Waals surface area (Å²) in [5.74, 6) is -0.382. The smallest absolute Gasteiger partial charge is 0.294 e. The van der Waals surface area contributed by atoms with Gasteiger partial charge in [0, 0.05) is 23.9 Å². The van der Waals surface area contributed by atoms with E-state index in [1.807, 2.05) is 0 Å². The second-order valence-corrected chi connectivity index (χ2v) is 6.05. The van der Waals surface area contributed by atoms with Crippen LogP contribution in [0.15, 0.2) is 41.3 Å². The number of hydrogen-bond acceptors (Lipinski definition) is 6. The molecule has 0 saturated heterocycles. The Kier molecular flexibility index (Phi) is 4.48. The summed E-state index contributed by atoms with van der Waals surface area (Å²) >= 11 is 0. The summed E-state index contributed by atoms with van der Waals surface area (Å²) in [6.45, 7) is 0. The van der Waals surface area contributed by atoms with Crippen molar-refractivity contribution in [2.45, 2.75) is 4.90 Å². The second kappa shape index (κ2) is 6.18. The maximum atomic E-state index is 13.4. The quantitative estimate of drug-likeness (QED) is 0.634. The molecule has 0 atom stereocenters. The van der Waals surface area contributed by atoms with E-state index in [2.05, 4.69) is 5.32 Å². The molecule has 0 aliphatic rings. The zero-order valence-corrected chi connectivity index (χ0v) is 12.6. The molecule has 0 heterocycles. The van der Waals surface area contributed by atoms with Crippen molar-refractivity contribution in [3.63, 3.8) is 0 Å². The minimum absolute atomic E-state index is 0.0185. The van der Waals surface area contributed by atoms with E-state index in [0.29, 0.717) is 0 Å². The van der Waals surface area contributed by atoms with Gasteiger partial charge in [0.1, 0.15) is 17.3 Å². The maximum absolute atomic E-state index is 13.4. The van der Waals surface area contributed by atoms with Crippen molar-refractivity contribution in [1.29, 1.82) is 0 Å². The van der Waals surface area contributed by atoms with E-state index in [9.17, 15) is 22.9 Å². The van der Waals surface area contributed by atoms with Crippen LogP contribution >= 0.6 is 0 Å². The van der Waals surface area contributed by atoms with Crippen LogP contribution in [0.2, 0.25) is 0 Å². The lowest BCUT2D eigenvalue weighted by molar-refractivity contribution is -0.384. The number of nitro groups is 1. The van der Waals surface area contributed by atoms with E-state index in [0.717, 1.165) is 24.3 Å². The number of nitro benzene ring substituents is 1. The summed E-state index contributed by atoms with van der Waals surface area (Å²) in [6.07, 6.45) is 0. The third-order valence-corrected chi connectivity index (χ3v) is 3.79. The molecule has 2 rings (SSSR count). The van der Waals surface area contributed by atoms with Crippen molar-refractivity contribution < 1.29 is 22.5 Å². The van der Waals surface area contributed by atoms with Crippen molar-refractivity contribution in [1.82, 2.24) is 0 Å². The first-order valence-corrected chi connectivity index (χ1v) is 7.68. The van der Waals surface area contributed by atoms with Gasteiger partial charge in [-0.1, -0.05) is 0 Å². The molecule has 8 nitrogen and oxygen atoms in total. The van der Waals surface area contributed by atoms with Gasteiger partial charge in [-0.3, -0.25) is 10.1 Å². The number of halogens is 1. The van der Waals surface area contributed by atoms with E-state index in [-0.39, 0.29) is 17.1 Å². The molecule has 0 aromatic heterocycles. The second-order valence-electron chi connectivity index (χ2n) is 4.49. The van der Waals surface area contributed by atoms with E-state index in [1.165, 1.54) is 19.2 Å². The topological polar surface area (TPSA) is 125 Å². The average Bonchev–Trinajstić information content (AvgIpc) is 2.45. The van der Waals surface area contributed by atoms with Gasteiger partial charge in [-0.15, -0.1) is 0 Å². The highest BCUT2D eigenvalue weighted by molar-refractivity contribution is 7.89. The Morgan fingerprint density at radius 3 is 2.52 bits per heavy atom. The molecular weight excluding hydrogens is 329 g/mol. The number of anilines is 2. The Hall–Kier alpha value is -2.72. The number of nitrogens with one attached hydrogen (secondary N) is 1. The van der Waals surface area contributed by atoms with Gasteiger partial charge in [0.15, 0.2) is 0 Å². The van der Waals surface area contributed by atoms with Gasteiger partial charge >= 0.3 is 0 Å². The van der Waals surface area contributed by atoms with Gasteiger partial charge in [-0.2, -0.15) is 0 Å². The average molecular weight is 341 g/mol. The molecule has 3 N–H and O–H groups in total. The molecule has 0 fully saturated rings. The minimum Gasteiger partial charge on any atom is -0.497 e. The SMILES string of the molecule is COc1cc(F)cc(Nc2ccc(S(N)(=O)=O)cc2[N+](=O)[O-])c1. The fourth-order valence-electron chi connectivity index (χ4n) is 1.85. The van der Waals surface area contributed by atoms with Crippen LogP contribution in [0.4, 0.5) is 21.5 Å². The highest BCUT2D eigenvalue weighted by atomic mass is 32.2. The van der Waals surface area contributed by atoms with Crippen LogP contribution in [0.25, 0.3) is 0 Å². The zero-order chi connectivity index (χ0) is 17.2. The number of methoxy groups -OCH3 is 1. The molecule has 0 saturated carbocycles. The van der Waals surface area contributed by atoms with Crippen LogP contribution in [0.5, 0.6) is 5.75 Å². The molecule has 0 unspecified atom stereocenters. The highest BCUT2D eigenvalue weighted by Gasteiger charge is 2.19. The van der Waals surface area contributed by atoms with Gasteiger partial charge < -0.3 is 10.1 Å². The Balaban J connectivity index is 2.48. The lowest BCUT2D eigenvalue weighted by atomic mass is 10.2. The summed E-state index contributed by atoms with van der Waals surface area (Å²) in [5.41, 5.74) is -0.330. The number of primary sulfonamides is 1. The Bertz CT molecular complexity index is 870. The van der Waals surface area contributed by atoms with E-state index in [1.54, 1.807) is 0 Å². The summed E-state index contributed by atoms with van der Waals surface area (Å²) < 4.78 is 40.9. The van der Waals surface area contributed by atoms with Crippen LogP contribution in [-0.4, -0.2) is 20.5 Å². The molecule has 0 aliphatic carbocycles.